The molecule has 104 valence electrons. The van der Waals surface area contributed by atoms with Gasteiger partial charge in [0.15, 0.2) is 0 Å². The molecule has 0 spiro atoms. The molecule has 2 atom stereocenters. The van der Waals surface area contributed by atoms with E-state index in [2.05, 4.69) is 26.2 Å². The third kappa shape index (κ3) is 4.18. The van der Waals surface area contributed by atoms with E-state index < -0.39 is 0 Å². The molecule has 1 aromatic heterocycles. The number of hydrogen-bond donors (Lipinski definition) is 1. The quantitative estimate of drug-likeness (QED) is 0.846. The highest BCUT2D eigenvalue weighted by atomic mass is 79.9. The molecule has 0 aromatic carbocycles. The van der Waals surface area contributed by atoms with Crippen molar-refractivity contribution in [1.82, 2.24) is 10.3 Å². The normalized spacial score (nSPS) is 23.1. The number of hydrogen-bond acceptors (Lipinski definition) is 2. The summed E-state index contributed by atoms with van der Waals surface area (Å²) in [5.74, 6) is 1.13. The van der Waals surface area contributed by atoms with Gasteiger partial charge in [0.1, 0.15) is 5.69 Å². The van der Waals surface area contributed by atoms with Gasteiger partial charge >= 0.3 is 0 Å². The molecule has 1 heterocycles. The molecule has 2 unspecified atom stereocenters. The summed E-state index contributed by atoms with van der Waals surface area (Å²) in [4.78, 5) is 16.0. The summed E-state index contributed by atoms with van der Waals surface area (Å²) in [6, 6.07) is 3.34. The number of aromatic nitrogens is 1. The first-order valence-electron chi connectivity index (χ1n) is 6.66. The molecule has 1 N–H and O–H groups in total. The first kappa shape index (κ1) is 14.8. The molecule has 0 bridgehead atoms. The van der Waals surface area contributed by atoms with E-state index in [4.69, 9.17) is 11.6 Å². The van der Waals surface area contributed by atoms with Crippen LogP contribution in [0.25, 0.3) is 0 Å². The highest BCUT2D eigenvalue weighted by Crippen LogP contribution is 2.30. The molecule has 1 aliphatic carbocycles. The zero-order valence-electron chi connectivity index (χ0n) is 10.7. The monoisotopic (exact) mass is 344 g/mol. The first-order chi connectivity index (χ1) is 9.20. The Hall–Kier alpha value is -0.610. The Labute approximate surface area is 127 Å². The van der Waals surface area contributed by atoms with Crippen LogP contribution >= 0.6 is 27.5 Å². The van der Waals surface area contributed by atoms with E-state index in [1.54, 1.807) is 12.1 Å². The summed E-state index contributed by atoms with van der Waals surface area (Å²) < 4.78 is 0. The van der Waals surface area contributed by atoms with Crippen molar-refractivity contribution in [1.29, 1.82) is 0 Å². The zero-order valence-corrected chi connectivity index (χ0v) is 13.1. The van der Waals surface area contributed by atoms with Gasteiger partial charge in [0.2, 0.25) is 0 Å². The number of halogens is 2. The summed E-state index contributed by atoms with van der Waals surface area (Å²) in [6.07, 6.45) is 6.52. The number of carbonyl (C=O) groups excluding carboxylic acids is 1. The molecule has 3 nitrogen and oxygen atoms in total. The Morgan fingerprint density at radius 1 is 1.37 bits per heavy atom. The van der Waals surface area contributed by atoms with Crippen LogP contribution in [0.2, 0.25) is 5.02 Å². The van der Waals surface area contributed by atoms with Crippen LogP contribution in [-0.4, -0.2) is 22.8 Å². The van der Waals surface area contributed by atoms with Crippen LogP contribution in [0.15, 0.2) is 18.3 Å². The molecule has 19 heavy (non-hydrogen) atoms. The standard InChI is InChI=1S/C14H18BrClN2O/c15-7-10-3-1-2-4-11(10)8-18-14(19)13-6-5-12(16)9-17-13/h5-6,9-11H,1-4,7-8H2,(H,18,19). The van der Waals surface area contributed by atoms with Gasteiger partial charge in [0.05, 0.1) is 5.02 Å². The number of nitrogens with zero attached hydrogens (tertiary/aromatic N) is 1. The average molecular weight is 346 g/mol. The molecule has 0 saturated heterocycles. The molecule has 5 heteroatoms. The van der Waals surface area contributed by atoms with Gasteiger partial charge in [-0.3, -0.25) is 4.79 Å². The van der Waals surface area contributed by atoms with Crippen LogP contribution in [0, 0.1) is 11.8 Å². The largest absolute Gasteiger partial charge is 0.350 e. The minimum absolute atomic E-state index is 0.115. The summed E-state index contributed by atoms with van der Waals surface area (Å²) >= 11 is 9.33. The lowest BCUT2D eigenvalue weighted by molar-refractivity contribution is 0.0932. The maximum Gasteiger partial charge on any atom is 0.269 e. The second-order valence-corrected chi connectivity index (χ2v) is 6.11. The second kappa shape index (κ2) is 7.25. The van der Waals surface area contributed by atoms with Gasteiger partial charge in [0, 0.05) is 18.1 Å². The lowest BCUT2D eigenvalue weighted by Gasteiger charge is -2.30. The Morgan fingerprint density at radius 2 is 2.11 bits per heavy atom. The van der Waals surface area contributed by atoms with Gasteiger partial charge in [-0.15, -0.1) is 0 Å². The van der Waals surface area contributed by atoms with E-state index in [9.17, 15) is 4.79 Å². The van der Waals surface area contributed by atoms with E-state index >= 15 is 0 Å². The topological polar surface area (TPSA) is 42.0 Å². The van der Waals surface area contributed by atoms with E-state index in [0.717, 1.165) is 11.9 Å². The first-order valence-corrected chi connectivity index (χ1v) is 8.16. The third-order valence-corrected chi connectivity index (χ3v) is 4.80. The maximum atomic E-state index is 12.0. The molecular formula is C14H18BrClN2O. The summed E-state index contributed by atoms with van der Waals surface area (Å²) in [7, 11) is 0. The van der Waals surface area contributed by atoms with Crippen molar-refractivity contribution < 1.29 is 4.79 Å². The van der Waals surface area contributed by atoms with Crippen LogP contribution in [0.1, 0.15) is 36.2 Å². The van der Waals surface area contributed by atoms with Crippen LogP contribution < -0.4 is 5.32 Å². The minimum Gasteiger partial charge on any atom is -0.350 e. The van der Waals surface area contributed by atoms with Crippen molar-refractivity contribution in [3.63, 3.8) is 0 Å². The third-order valence-electron chi connectivity index (χ3n) is 3.75. The number of carbonyl (C=O) groups is 1. The molecule has 1 aliphatic rings. The van der Waals surface area contributed by atoms with Crippen LogP contribution in [0.4, 0.5) is 0 Å². The molecule has 1 amide bonds. The van der Waals surface area contributed by atoms with Crippen molar-refractivity contribution in [3.05, 3.63) is 29.0 Å². The highest BCUT2D eigenvalue weighted by Gasteiger charge is 2.24. The molecule has 0 radical (unpaired) electrons. The second-order valence-electron chi connectivity index (χ2n) is 5.03. The molecular weight excluding hydrogens is 328 g/mol. The number of nitrogens with one attached hydrogen (secondary N) is 1. The summed E-state index contributed by atoms with van der Waals surface area (Å²) in [6.45, 7) is 0.736. The lowest BCUT2D eigenvalue weighted by Crippen LogP contribution is -2.35. The maximum absolute atomic E-state index is 12.0. The Balaban J connectivity index is 1.87. The zero-order chi connectivity index (χ0) is 13.7. The van der Waals surface area contributed by atoms with Crippen molar-refractivity contribution in [2.75, 3.05) is 11.9 Å². The fraction of sp³-hybridized carbons (Fsp3) is 0.571. The summed E-state index contributed by atoms with van der Waals surface area (Å²) in [5, 5.41) is 4.55. The van der Waals surface area contributed by atoms with Crippen LogP contribution in [-0.2, 0) is 0 Å². The number of amides is 1. The predicted octanol–water partition coefficient (Wildman–Crippen LogP) is 3.67. The molecule has 1 saturated carbocycles. The fourth-order valence-electron chi connectivity index (χ4n) is 2.58. The van der Waals surface area contributed by atoms with Crippen LogP contribution in [0.5, 0.6) is 0 Å². The number of rotatable bonds is 4. The fourth-order valence-corrected chi connectivity index (χ4v) is 3.55. The Morgan fingerprint density at radius 3 is 2.74 bits per heavy atom. The van der Waals surface area contributed by atoms with Gasteiger partial charge in [0.25, 0.3) is 5.91 Å². The van der Waals surface area contributed by atoms with Gasteiger partial charge in [-0.2, -0.15) is 0 Å². The Bertz CT molecular complexity index is 424. The smallest absolute Gasteiger partial charge is 0.269 e. The van der Waals surface area contributed by atoms with Crippen molar-refractivity contribution in [2.45, 2.75) is 25.7 Å². The highest BCUT2D eigenvalue weighted by molar-refractivity contribution is 9.09. The van der Waals surface area contributed by atoms with E-state index in [0.29, 0.717) is 22.6 Å². The van der Waals surface area contributed by atoms with E-state index in [-0.39, 0.29) is 5.91 Å². The lowest BCUT2D eigenvalue weighted by atomic mass is 9.80. The average Bonchev–Trinajstić information content (AvgIpc) is 2.45. The van der Waals surface area contributed by atoms with Crippen molar-refractivity contribution >= 4 is 33.4 Å². The van der Waals surface area contributed by atoms with Gasteiger partial charge in [-0.1, -0.05) is 40.4 Å². The predicted molar refractivity (Wildman–Crippen MR) is 80.8 cm³/mol. The van der Waals surface area contributed by atoms with Gasteiger partial charge in [-0.05, 0) is 36.8 Å². The Kier molecular flexibility index (Phi) is 5.64. The SMILES string of the molecule is O=C(NCC1CCCCC1CBr)c1ccc(Cl)cn1. The van der Waals surface area contributed by atoms with Crippen molar-refractivity contribution in [2.24, 2.45) is 11.8 Å². The minimum atomic E-state index is -0.115. The molecule has 1 fully saturated rings. The molecule has 2 rings (SSSR count). The molecule has 1 aromatic rings. The van der Waals surface area contributed by atoms with Gasteiger partial charge < -0.3 is 5.32 Å². The van der Waals surface area contributed by atoms with Crippen LogP contribution in [0.3, 0.4) is 0 Å². The number of pyridine rings is 1. The van der Waals surface area contributed by atoms with Crippen molar-refractivity contribution in [3.8, 4) is 0 Å². The van der Waals surface area contributed by atoms with E-state index in [1.807, 2.05) is 0 Å². The summed E-state index contributed by atoms with van der Waals surface area (Å²) in [5.41, 5.74) is 0.426. The molecule has 0 aliphatic heterocycles. The number of alkyl halides is 1. The van der Waals surface area contributed by atoms with Gasteiger partial charge in [-0.25, -0.2) is 4.98 Å². The van der Waals surface area contributed by atoms with E-state index in [1.165, 1.54) is 31.9 Å².